The summed E-state index contributed by atoms with van der Waals surface area (Å²) in [4.78, 5) is 13.8. The van der Waals surface area contributed by atoms with Crippen LogP contribution >= 0.6 is 12.2 Å². The van der Waals surface area contributed by atoms with Crippen molar-refractivity contribution in [1.29, 1.82) is 0 Å². The Morgan fingerprint density at radius 3 is 2.33 bits per heavy atom. The van der Waals surface area contributed by atoms with Crippen molar-refractivity contribution in [3.05, 3.63) is 24.3 Å². The van der Waals surface area contributed by atoms with Crippen molar-refractivity contribution >= 4 is 23.1 Å². The van der Waals surface area contributed by atoms with Crippen LogP contribution in [0.4, 0.5) is 0 Å². The van der Waals surface area contributed by atoms with E-state index >= 15 is 0 Å². The molecule has 0 heterocycles. The molecule has 0 aliphatic heterocycles. The van der Waals surface area contributed by atoms with E-state index in [1.54, 1.807) is 24.1 Å². The number of benzene rings is 1. The second-order valence-electron chi connectivity index (χ2n) is 4.64. The largest absolute Gasteiger partial charge is 0.494 e. The van der Waals surface area contributed by atoms with E-state index in [9.17, 15) is 4.79 Å². The third-order valence-corrected chi connectivity index (χ3v) is 2.98. The van der Waals surface area contributed by atoms with E-state index in [0.717, 1.165) is 12.2 Å². The van der Waals surface area contributed by atoms with Crippen LogP contribution in [0, 0.1) is 0 Å². The minimum Gasteiger partial charge on any atom is -0.494 e. The highest BCUT2D eigenvalue weighted by Crippen LogP contribution is 2.17. The quantitative estimate of drug-likeness (QED) is 0.707. The van der Waals surface area contributed by atoms with E-state index in [4.69, 9.17) is 27.4 Å². The molecule has 0 aliphatic carbocycles. The first-order chi connectivity index (χ1) is 10.0. The molecule has 1 aromatic rings. The Hall–Kier alpha value is -1.82. The summed E-state index contributed by atoms with van der Waals surface area (Å²) in [5, 5.41) is 0. The molecule has 21 heavy (non-hydrogen) atoms. The number of hydrogen-bond donors (Lipinski definition) is 1. The summed E-state index contributed by atoms with van der Waals surface area (Å²) in [6.07, 6.45) is 1.48. The van der Waals surface area contributed by atoms with E-state index in [-0.39, 0.29) is 12.5 Å². The lowest BCUT2D eigenvalue weighted by Crippen LogP contribution is -2.33. The van der Waals surface area contributed by atoms with Crippen molar-refractivity contribution in [1.82, 2.24) is 4.90 Å². The highest BCUT2D eigenvalue weighted by atomic mass is 32.1. The number of rotatable bonds is 9. The van der Waals surface area contributed by atoms with Crippen LogP contribution in [0.3, 0.4) is 0 Å². The fourth-order valence-electron chi connectivity index (χ4n) is 1.51. The maximum absolute atomic E-state index is 11.8. The number of hydrogen-bond acceptors (Lipinski definition) is 4. The number of thiocarbonyl (C=S) groups is 1. The number of amides is 1. The van der Waals surface area contributed by atoms with Crippen molar-refractivity contribution in [3.8, 4) is 11.5 Å². The number of carbonyl (C=O) groups excluding carboxylic acids is 1. The first-order valence-corrected chi connectivity index (χ1v) is 7.31. The molecule has 1 amide bonds. The van der Waals surface area contributed by atoms with E-state index < -0.39 is 0 Å². The van der Waals surface area contributed by atoms with Gasteiger partial charge >= 0.3 is 0 Å². The van der Waals surface area contributed by atoms with E-state index in [1.165, 1.54) is 0 Å². The summed E-state index contributed by atoms with van der Waals surface area (Å²) in [6.45, 7) is 3.23. The second-order valence-corrected chi connectivity index (χ2v) is 5.16. The zero-order valence-electron chi connectivity index (χ0n) is 12.5. The molecule has 2 N–H and O–H groups in total. The minimum absolute atomic E-state index is 0.0109. The smallest absolute Gasteiger partial charge is 0.260 e. The molecule has 0 spiro atoms. The van der Waals surface area contributed by atoms with E-state index in [0.29, 0.717) is 30.3 Å². The number of ether oxygens (including phenoxy) is 2. The van der Waals surface area contributed by atoms with E-state index in [2.05, 4.69) is 6.92 Å². The highest BCUT2D eigenvalue weighted by Gasteiger charge is 2.09. The lowest BCUT2D eigenvalue weighted by molar-refractivity contribution is -0.131. The molecule has 1 aromatic carbocycles. The summed E-state index contributed by atoms with van der Waals surface area (Å²) in [7, 11) is 1.70. The van der Waals surface area contributed by atoms with Crippen molar-refractivity contribution in [2.45, 2.75) is 19.8 Å². The summed E-state index contributed by atoms with van der Waals surface area (Å²) in [5.41, 5.74) is 5.41. The summed E-state index contributed by atoms with van der Waals surface area (Å²) in [5.74, 6) is 1.32. The number of nitrogens with zero attached hydrogens (tertiary/aromatic N) is 1. The zero-order valence-corrected chi connectivity index (χ0v) is 13.3. The predicted molar refractivity (Wildman–Crippen MR) is 86.8 cm³/mol. The maximum Gasteiger partial charge on any atom is 0.260 e. The average molecular weight is 310 g/mol. The molecule has 0 unspecified atom stereocenters. The first kappa shape index (κ1) is 17.2. The molecule has 0 fully saturated rings. The molecular formula is C15H22N2O3S. The molecule has 0 saturated carbocycles. The third kappa shape index (κ3) is 6.94. The number of nitrogens with two attached hydrogens (primary N) is 1. The van der Waals surface area contributed by atoms with Gasteiger partial charge in [0, 0.05) is 20.0 Å². The third-order valence-electron chi connectivity index (χ3n) is 2.78. The Kier molecular flexibility index (Phi) is 7.53. The fourth-order valence-corrected chi connectivity index (χ4v) is 1.60. The van der Waals surface area contributed by atoms with Gasteiger partial charge in [-0.25, -0.2) is 0 Å². The second kappa shape index (κ2) is 9.18. The van der Waals surface area contributed by atoms with Gasteiger partial charge in [0.2, 0.25) is 0 Å². The molecule has 0 radical (unpaired) electrons. The van der Waals surface area contributed by atoms with Crippen LogP contribution in [-0.4, -0.2) is 42.6 Å². The normalized spacial score (nSPS) is 10.0. The van der Waals surface area contributed by atoms with Gasteiger partial charge in [0.05, 0.1) is 11.6 Å². The van der Waals surface area contributed by atoms with Crippen LogP contribution in [0.25, 0.3) is 0 Å². The molecule has 0 bridgehead atoms. The Morgan fingerprint density at radius 2 is 1.81 bits per heavy atom. The van der Waals surface area contributed by atoms with Gasteiger partial charge in [0.25, 0.3) is 5.91 Å². The molecule has 1 rings (SSSR count). The SMILES string of the molecule is CCCOc1ccc(OCC(=O)N(C)CCC(N)=S)cc1. The highest BCUT2D eigenvalue weighted by molar-refractivity contribution is 7.80. The molecule has 0 atom stereocenters. The predicted octanol–water partition coefficient (Wildman–Crippen LogP) is 1.99. The van der Waals surface area contributed by atoms with Gasteiger partial charge in [-0.3, -0.25) is 4.79 Å². The Balaban J connectivity index is 2.36. The zero-order chi connectivity index (χ0) is 15.7. The first-order valence-electron chi connectivity index (χ1n) is 6.91. The molecule has 6 heteroatoms. The standard InChI is InChI=1S/C15H22N2O3S/c1-3-10-19-12-4-6-13(7-5-12)20-11-15(18)17(2)9-8-14(16)21/h4-7H,3,8-11H2,1-2H3,(H2,16,21). The molecule has 116 valence electrons. The Bertz CT molecular complexity index is 462. The minimum atomic E-state index is -0.113. The van der Waals surface area contributed by atoms with Gasteiger partial charge in [-0.05, 0) is 30.7 Å². The molecule has 0 aromatic heterocycles. The Labute approximate surface area is 131 Å². The molecule has 0 saturated heterocycles. The van der Waals surface area contributed by atoms with Crippen molar-refractivity contribution in [3.63, 3.8) is 0 Å². The molecule has 5 nitrogen and oxygen atoms in total. The molecule has 0 aliphatic rings. The van der Waals surface area contributed by atoms with Crippen LogP contribution in [-0.2, 0) is 4.79 Å². The topological polar surface area (TPSA) is 64.8 Å². The summed E-state index contributed by atoms with van der Waals surface area (Å²) >= 11 is 4.78. The lowest BCUT2D eigenvalue weighted by atomic mass is 10.3. The summed E-state index contributed by atoms with van der Waals surface area (Å²) in [6, 6.07) is 7.22. The number of likely N-dealkylation sites (N-methyl/N-ethyl adjacent to an activating group) is 1. The fraction of sp³-hybridized carbons (Fsp3) is 0.467. The lowest BCUT2D eigenvalue weighted by Gasteiger charge is -2.17. The maximum atomic E-state index is 11.8. The average Bonchev–Trinajstić information content (AvgIpc) is 2.49. The van der Waals surface area contributed by atoms with Crippen LogP contribution < -0.4 is 15.2 Å². The van der Waals surface area contributed by atoms with Gasteiger partial charge in [-0.2, -0.15) is 0 Å². The van der Waals surface area contributed by atoms with Gasteiger partial charge in [-0.15, -0.1) is 0 Å². The number of carbonyl (C=O) groups is 1. The van der Waals surface area contributed by atoms with Crippen LogP contribution in [0.1, 0.15) is 19.8 Å². The van der Waals surface area contributed by atoms with E-state index in [1.807, 2.05) is 12.1 Å². The van der Waals surface area contributed by atoms with Gasteiger partial charge in [0.15, 0.2) is 6.61 Å². The van der Waals surface area contributed by atoms with Crippen molar-refractivity contribution < 1.29 is 14.3 Å². The van der Waals surface area contributed by atoms with Crippen LogP contribution in [0.5, 0.6) is 11.5 Å². The molecular weight excluding hydrogens is 288 g/mol. The monoisotopic (exact) mass is 310 g/mol. The van der Waals surface area contributed by atoms with Crippen LogP contribution in [0.2, 0.25) is 0 Å². The van der Waals surface area contributed by atoms with Gasteiger partial charge in [0.1, 0.15) is 11.5 Å². The van der Waals surface area contributed by atoms with Gasteiger partial charge < -0.3 is 20.1 Å². The van der Waals surface area contributed by atoms with Crippen molar-refractivity contribution in [2.75, 3.05) is 26.8 Å². The van der Waals surface area contributed by atoms with Crippen LogP contribution in [0.15, 0.2) is 24.3 Å². The summed E-state index contributed by atoms with van der Waals surface area (Å²) < 4.78 is 10.9. The Morgan fingerprint density at radius 1 is 1.24 bits per heavy atom. The van der Waals surface area contributed by atoms with Gasteiger partial charge in [-0.1, -0.05) is 19.1 Å². The van der Waals surface area contributed by atoms with Crippen molar-refractivity contribution in [2.24, 2.45) is 5.73 Å².